The number of nitrogens with one attached hydrogen (secondary N) is 1. The van der Waals surface area contributed by atoms with Crippen LogP contribution in [0.3, 0.4) is 0 Å². The third-order valence-corrected chi connectivity index (χ3v) is 9.56. The second-order valence-corrected chi connectivity index (χ2v) is 11.9. The molecular weight excluding hydrogens is 526 g/mol. The van der Waals surface area contributed by atoms with E-state index in [1.165, 1.54) is 17.5 Å². The van der Waals surface area contributed by atoms with Crippen molar-refractivity contribution in [3.8, 4) is 34.3 Å². The lowest BCUT2D eigenvalue weighted by Gasteiger charge is -2.41. The highest BCUT2D eigenvalue weighted by atomic mass is 16.5. The average Bonchev–Trinajstić information content (AvgIpc) is 3.69. The van der Waals surface area contributed by atoms with E-state index in [-0.39, 0.29) is 0 Å². The lowest BCUT2D eigenvalue weighted by atomic mass is 9.76. The van der Waals surface area contributed by atoms with Gasteiger partial charge in [-0.15, -0.1) is 0 Å². The Morgan fingerprint density at radius 1 is 1.14 bits per heavy atom. The lowest BCUT2D eigenvalue weighted by molar-refractivity contribution is -0.0110. The SMILES string of the molecule is COc1cc2[nH]nc(-c3ccc(C4(C#N)CCN(C[C@H]5COCCN5C)CC4)nc3)c2nc1-c1cccc2c1CCC2. The van der Waals surface area contributed by atoms with Crippen molar-refractivity contribution in [1.82, 2.24) is 30.0 Å². The molecule has 1 atom stereocenters. The predicted molar refractivity (Wildman–Crippen MR) is 161 cm³/mol. The highest BCUT2D eigenvalue weighted by molar-refractivity contribution is 5.93. The lowest BCUT2D eigenvalue weighted by Crippen LogP contribution is -2.52. The van der Waals surface area contributed by atoms with E-state index >= 15 is 0 Å². The monoisotopic (exact) mass is 563 g/mol. The van der Waals surface area contributed by atoms with Gasteiger partial charge in [0.2, 0.25) is 0 Å². The van der Waals surface area contributed by atoms with Crippen molar-refractivity contribution in [2.75, 3.05) is 53.6 Å². The van der Waals surface area contributed by atoms with Gasteiger partial charge in [0.15, 0.2) is 0 Å². The molecule has 3 aliphatic rings. The molecule has 9 nitrogen and oxygen atoms in total. The normalized spacial score (nSPS) is 20.8. The molecule has 0 amide bonds. The van der Waals surface area contributed by atoms with Crippen LogP contribution in [0.15, 0.2) is 42.6 Å². The molecule has 1 aliphatic carbocycles. The number of nitriles is 1. The molecule has 2 saturated heterocycles. The number of aromatic nitrogens is 4. The van der Waals surface area contributed by atoms with Crippen molar-refractivity contribution in [3.05, 3.63) is 59.4 Å². The molecule has 7 rings (SSSR count). The van der Waals surface area contributed by atoms with E-state index in [9.17, 15) is 5.26 Å². The number of fused-ring (bicyclic) bond motifs is 2. The number of likely N-dealkylation sites (N-methyl/N-ethyl adjacent to an activating group) is 1. The van der Waals surface area contributed by atoms with Crippen LogP contribution in [0.2, 0.25) is 0 Å². The maximum atomic E-state index is 10.3. The third-order valence-electron chi connectivity index (χ3n) is 9.56. The van der Waals surface area contributed by atoms with Gasteiger partial charge in [-0.2, -0.15) is 10.4 Å². The van der Waals surface area contributed by atoms with E-state index in [2.05, 4.69) is 51.3 Å². The summed E-state index contributed by atoms with van der Waals surface area (Å²) in [5.41, 5.74) is 8.23. The van der Waals surface area contributed by atoms with Gasteiger partial charge in [-0.3, -0.25) is 15.0 Å². The molecule has 2 aliphatic heterocycles. The summed E-state index contributed by atoms with van der Waals surface area (Å²) in [4.78, 5) is 14.8. The van der Waals surface area contributed by atoms with E-state index in [0.717, 1.165) is 110 Å². The number of morpholine rings is 1. The van der Waals surface area contributed by atoms with Gasteiger partial charge in [0.05, 0.1) is 37.6 Å². The Morgan fingerprint density at radius 3 is 2.79 bits per heavy atom. The molecule has 2 fully saturated rings. The minimum Gasteiger partial charge on any atom is -0.494 e. The Labute approximate surface area is 246 Å². The van der Waals surface area contributed by atoms with Crippen LogP contribution in [-0.2, 0) is 23.0 Å². The number of rotatable bonds is 6. The zero-order valence-electron chi connectivity index (χ0n) is 24.4. The summed E-state index contributed by atoms with van der Waals surface area (Å²) < 4.78 is 11.5. The highest BCUT2D eigenvalue weighted by Crippen LogP contribution is 2.39. The van der Waals surface area contributed by atoms with Crippen LogP contribution in [0.25, 0.3) is 33.5 Å². The number of likely N-dealkylation sites (tertiary alicyclic amines) is 1. The number of hydrogen-bond donors (Lipinski definition) is 1. The van der Waals surface area contributed by atoms with Crippen LogP contribution >= 0.6 is 0 Å². The molecule has 0 spiro atoms. The number of hydrogen-bond acceptors (Lipinski definition) is 8. The number of ether oxygens (including phenoxy) is 2. The maximum absolute atomic E-state index is 10.3. The standard InChI is InChI=1S/C33H37N7O2/c1-39-15-16-42-20-24(39)19-40-13-11-33(21-34,12-14-40)29-10-9-23(18-35-29)30-32-27(37-38-30)17-28(41-2)31(36-32)26-8-4-6-22-5-3-7-25(22)26/h4,6,8-10,17-18,24H,3,5,7,11-16,19-20H2,1-2H3,(H,37,38)/t24-/m0/s1. The molecule has 4 aromatic rings. The van der Waals surface area contributed by atoms with E-state index in [1.54, 1.807) is 7.11 Å². The van der Waals surface area contributed by atoms with Gasteiger partial charge >= 0.3 is 0 Å². The first-order valence-electron chi connectivity index (χ1n) is 15.0. The molecule has 0 bridgehead atoms. The summed E-state index contributed by atoms with van der Waals surface area (Å²) >= 11 is 0. The van der Waals surface area contributed by atoms with Gasteiger partial charge in [-0.1, -0.05) is 18.2 Å². The molecule has 0 radical (unpaired) electrons. The van der Waals surface area contributed by atoms with Gasteiger partial charge in [0, 0.05) is 55.6 Å². The van der Waals surface area contributed by atoms with E-state index in [4.69, 9.17) is 19.4 Å². The maximum Gasteiger partial charge on any atom is 0.147 e. The fourth-order valence-electron chi connectivity index (χ4n) is 6.91. The Morgan fingerprint density at radius 2 is 2.02 bits per heavy atom. The van der Waals surface area contributed by atoms with E-state index in [0.29, 0.717) is 6.04 Å². The number of methoxy groups -OCH3 is 1. The Balaban J connectivity index is 1.14. The Bertz CT molecular complexity index is 1630. The quantitative estimate of drug-likeness (QED) is 0.369. The van der Waals surface area contributed by atoms with Crippen LogP contribution < -0.4 is 4.74 Å². The number of H-pyrrole nitrogens is 1. The molecular formula is C33H37N7O2. The van der Waals surface area contributed by atoms with Gasteiger partial charge < -0.3 is 14.4 Å². The predicted octanol–water partition coefficient (Wildman–Crippen LogP) is 4.37. The summed E-state index contributed by atoms with van der Waals surface area (Å²) in [5.74, 6) is 0.733. The molecule has 1 N–H and O–H groups in total. The van der Waals surface area contributed by atoms with Crippen LogP contribution in [-0.4, -0.2) is 89.6 Å². The summed E-state index contributed by atoms with van der Waals surface area (Å²) in [5, 5.41) is 18.1. The number of piperidine rings is 1. The summed E-state index contributed by atoms with van der Waals surface area (Å²) in [6.45, 7) is 5.29. The number of benzene rings is 1. The Kier molecular flexibility index (Phi) is 7.14. The molecule has 9 heteroatoms. The molecule has 3 aromatic heterocycles. The summed E-state index contributed by atoms with van der Waals surface area (Å²) in [6, 6.07) is 15.5. The minimum absolute atomic E-state index is 0.409. The smallest absolute Gasteiger partial charge is 0.147 e. The second kappa shape index (κ2) is 11.1. The fraction of sp³-hybridized carbons (Fsp3) is 0.455. The molecule has 1 aromatic carbocycles. The Hall–Kier alpha value is -3.84. The first-order chi connectivity index (χ1) is 20.6. The molecule has 0 saturated carbocycles. The number of aryl methyl sites for hydroxylation is 1. The molecule has 5 heterocycles. The largest absolute Gasteiger partial charge is 0.494 e. The zero-order valence-corrected chi connectivity index (χ0v) is 24.4. The second-order valence-electron chi connectivity index (χ2n) is 11.9. The molecule has 216 valence electrons. The molecule has 42 heavy (non-hydrogen) atoms. The van der Waals surface area contributed by atoms with Crippen LogP contribution in [0.5, 0.6) is 5.75 Å². The van der Waals surface area contributed by atoms with Crippen molar-refractivity contribution in [2.45, 2.75) is 43.6 Å². The highest BCUT2D eigenvalue weighted by Gasteiger charge is 2.38. The number of nitrogens with zero attached hydrogens (tertiary/aromatic N) is 6. The topological polar surface area (TPSA) is 103 Å². The zero-order chi connectivity index (χ0) is 28.7. The average molecular weight is 564 g/mol. The van der Waals surface area contributed by atoms with Crippen LogP contribution in [0.1, 0.15) is 36.1 Å². The van der Waals surface area contributed by atoms with Gasteiger partial charge in [0.1, 0.15) is 28.1 Å². The van der Waals surface area contributed by atoms with Crippen molar-refractivity contribution >= 4 is 11.0 Å². The summed E-state index contributed by atoms with van der Waals surface area (Å²) in [7, 11) is 3.86. The van der Waals surface area contributed by atoms with Gasteiger partial charge in [-0.25, -0.2) is 4.98 Å². The van der Waals surface area contributed by atoms with Crippen LogP contribution in [0, 0.1) is 11.3 Å². The fourth-order valence-corrected chi connectivity index (χ4v) is 6.91. The minimum atomic E-state index is -0.579. The van der Waals surface area contributed by atoms with Crippen molar-refractivity contribution in [3.63, 3.8) is 0 Å². The summed E-state index contributed by atoms with van der Waals surface area (Å²) in [6.07, 6.45) is 6.72. The van der Waals surface area contributed by atoms with Crippen molar-refractivity contribution in [1.29, 1.82) is 5.26 Å². The van der Waals surface area contributed by atoms with Crippen LogP contribution in [0.4, 0.5) is 0 Å². The van der Waals surface area contributed by atoms with E-state index in [1.807, 2.05) is 24.4 Å². The van der Waals surface area contributed by atoms with Gasteiger partial charge in [0.25, 0.3) is 0 Å². The van der Waals surface area contributed by atoms with Crippen molar-refractivity contribution in [2.24, 2.45) is 0 Å². The first-order valence-corrected chi connectivity index (χ1v) is 15.0. The van der Waals surface area contributed by atoms with E-state index < -0.39 is 5.41 Å². The van der Waals surface area contributed by atoms with Crippen molar-refractivity contribution < 1.29 is 9.47 Å². The number of pyridine rings is 2. The first kappa shape index (κ1) is 27.0. The molecule has 0 unspecified atom stereocenters. The number of aromatic amines is 1. The third kappa shape index (κ3) is 4.74. The van der Waals surface area contributed by atoms with Gasteiger partial charge in [-0.05, 0) is 62.4 Å².